The standard InChI is InChI=1S/C81H144NO8P/c1-6-8-10-12-14-16-18-20-22-24-26-28-30-32-34-36-38-39-40-41-42-43-44-46-48-50-52-54-56-58-60-62-64-66-68-70-72-74-81(84)90-79(78-89-91(85,86)88-76-75-82(3,4)5)77-87-80(83)73-71-69-67-65-63-61-59-57-55-53-51-49-47-45-37-35-33-31-29-27-25-23-21-19-17-15-13-11-9-7-2/h8,10,14,16,20,22,26,28,32,34,38-39,41-42,44,46,50,52,79H,6-7,9,11-13,15,17-19,21,23-25,27,29-31,33,35-37,40,43,45,47-49,51,53-78H2,1-5H3/b10-8-,16-14-,22-20-,28-26-,34-32-,39-38-,42-41-,46-44-,52-50-. The Balaban J connectivity index is 4.04. The lowest BCUT2D eigenvalue weighted by molar-refractivity contribution is -0.870. The van der Waals surface area contributed by atoms with Crippen molar-refractivity contribution in [2.45, 2.75) is 347 Å². The second kappa shape index (κ2) is 71.0. The van der Waals surface area contributed by atoms with Gasteiger partial charge < -0.3 is 27.9 Å². The van der Waals surface area contributed by atoms with Crippen LogP contribution in [-0.2, 0) is 32.7 Å². The monoisotopic (exact) mass is 1290 g/mol. The fraction of sp³-hybridized carbons (Fsp3) is 0.753. The minimum Gasteiger partial charge on any atom is -0.756 e. The number of likely N-dealkylation sites (N-methyl/N-ethyl adjacent to an activating group) is 1. The van der Waals surface area contributed by atoms with E-state index in [9.17, 15) is 19.0 Å². The molecule has 0 aromatic heterocycles. The Bertz CT molecular complexity index is 1910. The zero-order chi connectivity index (χ0) is 66.2. The fourth-order valence-corrected chi connectivity index (χ4v) is 11.5. The predicted octanol–water partition coefficient (Wildman–Crippen LogP) is 24.6. The highest BCUT2D eigenvalue weighted by Crippen LogP contribution is 2.38. The maximum Gasteiger partial charge on any atom is 0.306 e. The van der Waals surface area contributed by atoms with E-state index < -0.39 is 26.5 Å². The third-order valence-corrected chi connectivity index (χ3v) is 17.5. The predicted molar refractivity (Wildman–Crippen MR) is 392 cm³/mol. The van der Waals surface area contributed by atoms with Gasteiger partial charge in [-0.3, -0.25) is 14.2 Å². The summed E-state index contributed by atoms with van der Waals surface area (Å²) in [6.45, 7) is 4.16. The zero-order valence-corrected chi connectivity index (χ0v) is 60.9. The summed E-state index contributed by atoms with van der Waals surface area (Å²) >= 11 is 0. The van der Waals surface area contributed by atoms with Gasteiger partial charge in [0.05, 0.1) is 27.7 Å². The first kappa shape index (κ1) is 87.7. The van der Waals surface area contributed by atoms with Gasteiger partial charge in [-0.1, -0.05) is 354 Å². The van der Waals surface area contributed by atoms with Gasteiger partial charge in [-0.25, -0.2) is 0 Å². The van der Waals surface area contributed by atoms with Crippen molar-refractivity contribution in [1.82, 2.24) is 0 Å². The lowest BCUT2D eigenvalue weighted by Crippen LogP contribution is -2.37. The van der Waals surface area contributed by atoms with E-state index in [-0.39, 0.29) is 32.0 Å². The van der Waals surface area contributed by atoms with Crippen molar-refractivity contribution in [2.24, 2.45) is 0 Å². The number of phosphoric ester groups is 1. The van der Waals surface area contributed by atoms with E-state index in [0.717, 1.165) is 103 Å². The van der Waals surface area contributed by atoms with Crippen molar-refractivity contribution in [3.8, 4) is 0 Å². The summed E-state index contributed by atoms with van der Waals surface area (Å²) in [7, 11) is 1.16. The quantitative estimate of drug-likeness (QED) is 0.0195. The molecule has 0 aliphatic heterocycles. The molecule has 0 saturated carbocycles. The molecule has 2 unspecified atom stereocenters. The molecule has 2 atom stereocenters. The molecule has 10 heteroatoms. The maximum atomic E-state index is 12.9. The normalized spacial score (nSPS) is 13.7. The number of carbonyl (C=O) groups excluding carboxylic acids is 2. The first-order valence-corrected chi connectivity index (χ1v) is 39.6. The Labute approximate surface area is 563 Å². The molecule has 0 rings (SSSR count). The van der Waals surface area contributed by atoms with Crippen LogP contribution in [-0.4, -0.2) is 70.0 Å². The Morgan fingerprint density at radius 3 is 0.934 bits per heavy atom. The largest absolute Gasteiger partial charge is 0.756 e. The minimum atomic E-state index is -4.65. The van der Waals surface area contributed by atoms with Gasteiger partial charge in [0.1, 0.15) is 19.8 Å². The number of carbonyl (C=O) groups is 2. The van der Waals surface area contributed by atoms with Crippen LogP contribution in [0.3, 0.4) is 0 Å². The SMILES string of the molecule is CC/C=C\C/C=C\C/C=C\C/C=C\C/C=C\C/C=C\C/C=C\C/C=C\C/C=C\CCCCCCCCCCCC(=O)OC(COC(=O)CCCCCCCCCCCCCCCCCCCCCCCCCCCCCCCC)COP(=O)([O-])OCC[N+](C)(C)C. The van der Waals surface area contributed by atoms with Gasteiger partial charge in [0.25, 0.3) is 7.82 Å². The minimum absolute atomic E-state index is 0.0349. The lowest BCUT2D eigenvalue weighted by atomic mass is 10.0. The van der Waals surface area contributed by atoms with E-state index in [0.29, 0.717) is 17.4 Å². The average molecular weight is 1290 g/mol. The number of nitrogens with zero attached hydrogens (tertiary/aromatic N) is 1. The molecule has 0 aromatic rings. The first-order valence-electron chi connectivity index (χ1n) is 38.1. The molecule has 0 saturated heterocycles. The molecular weight excluding hydrogens is 1150 g/mol. The number of phosphoric acid groups is 1. The Hall–Kier alpha value is -3.33. The number of hydrogen-bond acceptors (Lipinski definition) is 8. The molecule has 9 nitrogen and oxygen atoms in total. The van der Waals surface area contributed by atoms with Crippen LogP contribution in [0.15, 0.2) is 109 Å². The van der Waals surface area contributed by atoms with E-state index in [2.05, 4.69) is 123 Å². The summed E-state index contributed by atoms with van der Waals surface area (Å²) in [6, 6.07) is 0. The lowest BCUT2D eigenvalue weighted by Gasteiger charge is -2.28. The Morgan fingerprint density at radius 2 is 0.626 bits per heavy atom. The van der Waals surface area contributed by atoms with Gasteiger partial charge in [0, 0.05) is 12.8 Å². The second-order valence-corrected chi connectivity index (χ2v) is 28.1. The molecule has 0 aromatic carbocycles. The van der Waals surface area contributed by atoms with Crippen LogP contribution in [0, 0.1) is 0 Å². The van der Waals surface area contributed by atoms with Crippen LogP contribution in [0.1, 0.15) is 341 Å². The first-order chi connectivity index (χ1) is 44.5. The van der Waals surface area contributed by atoms with Gasteiger partial charge in [-0.15, -0.1) is 0 Å². The Kier molecular flexibility index (Phi) is 68.4. The number of rotatable bonds is 70. The Morgan fingerprint density at radius 1 is 0.352 bits per heavy atom. The van der Waals surface area contributed by atoms with Gasteiger partial charge in [0.2, 0.25) is 0 Å². The van der Waals surface area contributed by atoms with E-state index >= 15 is 0 Å². The van der Waals surface area contributed by atoms with E-state index in [1.807, 2.05) is 21.1 Å². The highest BCUT2D eigenvalue weighted by molar-refractivity contribution is 7.45. The molecule has 0 aliphatic carbocycles. The third-order valence-electron chi connectivity index (χ3n) is 16.6. The molecule has 526 valence electrons. The summed E-state index contributed by atoms with van der Waals surface area (Å²) in [5.41, 5.74) is 0. The fourth-order valence-electron chi connectivity index (χ4n) is 10.8. The number of ether oxygens (including phenoxy) is 2. The molecule has 0 bridgehead atoms. The summed E-state index contributed by atoms with van der Waals surface area (Å²) in [5.74, 6) is -0.831. The number of esters is 2. The maximum absolute atomic E-state index is 12.9. The molecule has 0 amide bonds. The summed E-state index contributed by atoms with van der Waals surface area (Å²) < 4.78 is 34.4. The van der Waals surface area contributed by atoms with Gasteiger partial charge in [-0.2, -0.15) is 0 Å². The van der Waals surface area contributed by atoms with Crippen LogP contribution < -0.4 is 4.89 Å². The zero-order valence-electron chi connectivity index (χ0n) is 60.0. The van der Waals surface area contributed by atoms with Gasteiger partial charge >= 0.3 is 11.9 Å². The molecule has 0 fully saturated rings. The highest BCUT2D eigenvalue weighted by Gasteiger charge is 2.22. The third kappa shape index (κ3) is 75.6. The van der Waals surface area contributed by atoms with Crippen molar-refractivity contribution >= 4 is 19.8 Å². The number of quaternary nitrogens is 1. The molecule has 0 N–H and O–H groups in total. The molecule has 0 radical (unpaired) electrons. The number of allylic oxidation sites excluding steroid dienone is 18. The second-order valence-electron chi connectivity index (χ2n) is 26.6. The highest BCUT2D eigenvalue weighted by atomic mass is 31.2. The molecule has 0 aliphatic rings. The van der Waals surface area contributed by atoms with Gasteiger partial charge in [0.15, 0.2) is 6.10 Å². The summed E-state index contributed by atoms with van der Waals surface area (Å²) in [6.07, 6.45) is 100. The van der Waals surface area contributed by atoms with Crippen LogP contribution in [0.2, 0.25) is 0 Å². The summed E-state index contributed by atoms with van der Waals surface area (Å²) in [5, 5.41) is 0. The summed E-state index contributed by atoms with van der Waals surface area (Å²) in [4.78, 5) is 38.1. The molecular formula is C81H144NO8P. The average Bonchev–Trinajstić information content (AvgIpc) is 3.69. The van der Waals surface area contributed by atoms with E-state index in [1.54, 1.807) is 0 Å². The van der Waals surface area contributed by atoms with Crippen LogP contribution in [0.4, 0.5) is 0 Å². The number of unbranched alkanes of at least 4 members (excludes halogenated alkanes) is 38. The van der Waals surface area contributed by atoms with Crippen molar-refractivity contribution in [3.05, 3.63) is 109 Å². The van der Waals surface area contributed by atoms with Crippen molar-refractivity contribution in [2.75, 3.05) is 47.5 Å². The van der Waals surface area contributed by atoms with Crippen LogP contribution in [0.25, 0.3) is 0 Å². The number of hydrogen-bond donors (Lipinski definition) is 0. The van der Waals surface area contributed by atoms with Crippen molar-refractivity contribution in [1.29, 1.82) is 0 Å². The molecule has 0 heterocycles. The van der Waals surface area contributed by atoms with Crippen molar-refractivity contribution < 1.29 is 42.1 Å². The topological polar surface area (TPSA) is 111 Å². The molecule has 91 heavy (non-hydrogen) atoms. The van der Waals surface area contributed by atoms with Crippen LogP contribution in [0.5, 0.6) is 0 Å². The van der Waals surface area contributed by atoms with E-state index in [4.69, 9.17) is 18.5 Å². The smallest absolute Gasteiger partial charge is 0.306 e. The van der Waals surface area contributed by atoms with E-state index in [1.165, 1.54) is 205 Å². The molecule has 0 spiro atoms. The van der Waals surface area contributed by atoms with Crippen LogP contribution >= 0.6 is 7.82 Å². The van der Waals surface area contributed by atoms with Crippen molar-refractivity contribution in [3.63, 3.8) is 0 Å². The van der Waals surface area contributed by atoms with Gasteiger partial charge in [-0.05, 0) is 83.5 Å².